The monoisotopic (exact) mass is 380 g/mol. The zero-order chi connectivity index (χ0) is 20.6. The fraction of sp³-hybridized carbons (Fsp3) is 0.579. The smallest absolute Gasteiger partial charge is 0.321 e. The first-order valence-electron chi connectivity index (χ1n) is 9.26. The van der Waals surface area contributed by atoms with E-state index < -0.39 is 12.2 Å². The lowest BCUT2D eigenvalue weighted by Crippen LogP contribution is -2.39. The summed E-state index contributed by atoms with van der Waals surface area (Å²) >= 11 is 0. The fourth-order valence-corrected chi connectivity index (χ4v) is 2.58. The van der Waals surface area contributed by atoms with E-state index in [4.69, 9.17) is 0 Å². The summed E-state index contributed by atoms with van der Waals surface area (Å²) in [6.45, 7) is 10.2. The molecular formula is C19H32N4O4. The highest BCUT2D eigenvalue weighted by atomic mass is 16.3. The molecule has 152 valence electrons. The number of carbonyl (C=O) groups is 2. The van der Waals surface area contributed by atoms with Crippen LogP contribution in [0.25, 0.3) is 0 Å². The summed E-state index contributed by atoms with van der Waals surface area (Å²) in [6.07, 6.45) is -1.23. The maximum Gasteiger partial charge on any atom is 0.321 e. The third-order valence-electron chi connectivity index (χ3n) is 4.04. The van der Waals surface area contributed by atoms with E-state index in [0.29, 0.717) is 24.5 Å². The van der Waals surface area contributed by atoms with Crippen LogP contribution >= 0.6 is 0 Å². The molecule has 0 aliphatic heterocycles. The van der Waals surface area contributed by atoms with Gasteiger partial charge in [0.05, 0.1) is 12.2 Å². The van der Waals surface area contributed by atoms with Gasteiger partial charge in [0, 0.05) is 37.6 Å². The highest BCUT2D eigenvalue weighted by Gasteiger charge is 2.17. The molecule has 1 aromatic carbocycles. The quantitative estimate of drug-likeness (QED) is 0.556. The second kappa shape index (κ2) is 10.7. The van der Waals surface area contributed by atoms with E-state index in [1.807, 2.05) is 20.8 Å². The Morgan fingerprint density at radius 2 is 1.44 bits per heavy atom. The van der Waals surface area contributed by atoms with E-state index in [1.165, 1.54) is 9.80 Å². The molecule has 0 bridgehead atoms. The van der Waals surface area contributed by atoms with E-state index >= 15 is 0 Å². The zero-order valence-corrected chi connectivity index (χ0v) is 16.8. The first-order chi connectivity index (χ1) is 12.7. The summed E-state index contributed by atoms with van der Waals surface area (Å²) in [5, 5.41) is 24.6. The number of likely N-dealkylation sites (N-methyl/N-ethyl adjacent to an activating group) is 2. The number of nitrogens with zero attached hydrogens (tertiary/aromatic N) is 2. The third kappa shape index (κ3) is 7.44. The van der Waals surface area contributed by atoms with Crippen LogP contribution in [0, 0.1) is 6.92 Å². The number of aliphatic hydroxyl groups excluding tert-OH is 2. The molecule has 8 nitrogen and oxygen atoms in total. The number of urea groups is 2. The summed E-state index contributed by atoms with van der Waals surface area (Å²) in [6, 6.07) is 4.63. The lowest BCUT2D eigenvalue weighted by Gasteiger charge is -2.24. The zero-order valence-electron chi connectivity index (χ0n) is 16.8. The minimum absolute atomic E-state index is 0.239. The predicted octanol–water partition coefficient (Wildman–Crippen LogP) is 2.46. The number of nitrogens with one attached hydrogen (secondary N) is 2. The van der Waals surface area contributed by atoms with Crippen LogP contribution in [0.2, 0.25) is 0 Å². The van der Waals surface area contributed by atoms with Crippen molar-refractivity contribution in [1.29, 1.82) is 0 Å². The van der Waals surface area contributed by atoms with Gasteiger partial charge in [0.2, 0.25) is 0 Å². The predicted molar refractivity (Wildman–Crippen MR) is 107 cm³/mol. The largest absolute Gasteiger partial charge is 0.392 e. The molecular weight excluding hydrogens is 348 g/mol. The van der Waals surface area contributed by atoms with Gasteiger partial charge in [0.1, 0.15) is 0 Å². The molecule has 4 N–H and O–H groups in total. The van der Waals surface area contributed by atoms with E-state index in [2.05, 4.69) is 10.6 Å². The van der Waals surface area contributed by atoms with Gasteiger partial charge in [-0.1, -0.05) is 6.07 Å². The van der Waals surface area contributed by atoms with Crippen LogP contribution in [-0.4, -0.2) is 70.5 Å². The molecule has 0 spiro atoms. The summed E-state index contributed by atoms with van der Waals surface area (Å²) in [5.74, 6) is 0. The van der Waals surface area contributed by atoms with Crippen molar-refractivity contribution in [3.8, 4) is 0 Å². The number of aryl methyl sites for hydroxylation is 1. The second-order valence-electron chi connectivity index (χ2n) is 6.67. The Hall–Kier alpha value is -2.32. The van der Waals surface area contributed by atoms with E-state index in [1.54, 1.807) is 32.0 Å². The first-order valence-corrected chi connectivity index (χ1v) is 9.26. The molecule has 0 heterocycles. The maximum absolute atomic E-state index is 12.4. The average Bonchev–Trinajstić information content (AvgIpc) is 2.59. The Labute approximate surface area is 161 Å². The number of benzene rings is 1. The van der Waals surface area contributed by atoms with Crippen LogP contribution in [0.1, 0.15) is 33.3 Å². The summed E-state index contributed by atoms with van der Waals surface area (Å²) in [4.78, 5) is 27.8. The van der Waals surface area contributed by atoms with Gasteiger partial charge in [-0.25, -0.2) is 9.59 Å². The van der Waals surface area contributed by atoms with Crippen molar-refractivity contribution in [3.63, 3.8) is 0 Å². The van der Waals surface area contributed by atoms with Crippen LogP contribution in [-0.2, 0) is 0 Å². The second-order valence-corrected chi connectivity index (χ2v) is 6.67. The number of hydrogen-bond donors (Lipinski definition) is 4. The normalized spacial score (nSPS) is 12.9. The number of carbonyl (C=O) groups excluding carboxylic acids is 2. The van der Waals surface area contributed by atoms with Gasteiger partial charge in [0.15, 0.2) is 0 Å². The molecule has 0 aromatic heterocycles. The number of amides is 4. The maximum atomic E-state index is 12.4. The van der Waals surface area contributed by atoms with Crippen LogP contribution in [0.3, 0.4) is 0 Å². The van der Waals surface area contributed by atoms with Crippen LogP contribution in [0.5, 0.6) is 0 Å². The minimum atomic E-state index is -0.614. The Balaban J connectivity index is 2.87. The average molecular weight is 380 g/mol. The molecule has 2 unspecified atom stereocenters. The van der Waals surface area contributed by atoms with Gasteiger partial charge in [-0.15, -0.1) is 0 Å². The highest BCUT2D eigenvalue weighted by Crippen LogP contribution is 2.21. The standard InChI is InChI=1S/C19H32N4O4/c1-6-22(11-14(4)24)18(26)20-16-9-8-13(3)17(10-16)21-19(27)23(7-2)12-15(5)25/h8-10,14-15,24-25H,6-7,11-12H2,1-5H3,(H,20,26)(H,21,27). The van der Waals surface area contributed by atoms with Gasteiger partial charge in [0.25, 0.3) is 0 Å². The van der Waals surface area contributed by atoms with Crippen molar-refractivity contribution in [2.45, 2.75) is 46.8 Å². The number of anilines is 2. The van der Waals surface area contributed by atoms with Gasteiger partial charge >= 0.3 is 12.1 Å². The lowest BCUT2D eigenvalue weighted by molar-refractivity contribution is 0.141. The Bertz CT molecular complexity index is 634. The molecule has 0 radical (unpaired) electrons. The molecule has 0 saturated heterocycles. The van der Waals surface area contributed by atoms with E-state index in [9.17, 15) is 19.8 Å². The SMILES string of the molecule is CCN(CC(C)O)C(=O)Nc1ccc(C)c(NC(=O)N(CC)CC(C)O)c1. The highest BCUT2D eigenvalue weighted by molar-refractivity contribution is 5.93. The van der Waals surface area contributed by atoms with Gasteiger partial charge in [-0.3, -0.25) is 0 Å². The Morgan fingerprint density at radius 1 is 0.963 bits per heavy atom. The number of rotatable bonds is 8. The summed E-state index contributed by atoms with van der Waals surface area (Å²) < 4.78 is 0. The first kappa shape index (κ1) is 22.7. The molecule has 0 saturated carbocycles. The van der Waals surface area contributed by atoms with Crippen LogP contribution < -0.4 is 10.6 Å². The van der Waals surface area contributed by atoms with Gasteiger partial charge < -0.3 is 30.6 Å². The van der Waals surface area contributed by atoms with Crippen molar-refractivity contribution in [1.82, 2.24) is 9.80 Å². The molecule has 0 fully saturated rings. The van der Waals surface area contributed by atoms with Crippen molar-refractivity contribution < 1.29 is 19.8 Å². The molecule has 2 atom stereocenters. The van der Waals surface area contributed by atoms with Crippen molar-refractivity contribution in [3.05, 3.63) is 23.8 Å². The molecule has 0 aliphatic rings. The third-order valence-corrected chi connectivity index (χ3v) is 4.04. The molecule has 0 aliphatic carbocycles. The van der Waals surface area contributed by atoms with Gasteiger partial charge in [-0.2, -0.15) is 0 Å². The molecule has 4 amide bonds. The summed E-state index contributed by atoms with van der Waals surface area (Å²) in [5.41, 5.74) is 1.98. The van der Waals surface area contributed by atoms with Crippen LogP contribution in [0.15, 0.2) is 18.2 Å². The van der Waals surface area contributed by atoms with Crippen molar-refractivity contribution in [2.75, 3.05) is 36.8 Å². The lowest BCUT2D eigenvalue weighted by atomic mass is 10.2. The molecule has 8 heteroatoms. The van der Waals surface area contributed by atoms with E-state index in [-0.39, 0.29) is 25.2 Å². The van der Waals surface area contributed by atoms with Gasteiger partial charge in [-0.05, 0) is 52.3 Å². The minimum Gasteiger partial charge on any atom is -0.392 e. The Morgan fingerprint density at radius 3 is 1.89 bits per heavy atom. The number of aliphatic hydroxyl groups is 2. The van der Waals surface area contributed by atoms with Crippen molar-refractivity contribution in [2.24, 2.45) is 0 Å². The fourth-order valence-electron chi connectivity index (χ4n) is 2.58. The van der Waals surface area contributed by atoms with Crippen LogP contribution in [0.4, 0.5) is 21.0 Å². The topological polar surface area (TPSA) is 105 Å². The van der Waals surface area contributed by atoms with Crippen molar-refractivity contribution >= 4 is 23.4 Å². The molecule has 1 rings (SSSR count). The summed E-state index contributed by atoms with van der Waals surface area (Å²) in [7, 11) is 0. The molecule has 27 heavy (non-hydrogen) atoms. The molecule has 1 aromatic rings. The van der Waals surface area contributed by atoms with E-state index in [0.717, 1.165) is 5.56 Å². The Kier molecular flexibility index (Phi) is 9.04. The number of hydrogen-bond acceptors (Lipinski definition) is 4.